The minimum absolute atomic E-state index is 0.0975. The van der Waals surface area contributed by atoms with Gasteiger partial charge in [0.1, 0.15) is 0 Å². The van der Waals surface area contributed by atoms with Gasteiger partial charge in [0.2, 0.25) is 5.75 Å². The van der Waals surface area contributed by atoms with E-state index in [0.717, 1.165) is 34.5 Å². The van der Waals surface area contributed by atoms with Gasteiger partial charge in [0.15, 0.2) is 11.5 Å². The molecule has 0 N–H and O–H groups in total. The topological polar surface area (TPSA) is 51.2 Å². The molecule has 1 aliphatic rings. The number of methoxy groups -OCH3 is 3. The van der Waals surface area contributed by atoms with Gasteiger partial charge in [-0.3, -0.25) is 9.69 Å². The average Bonchev–Trinajstić information content (AvgIpc) is 3.13. The van der Waals surface area contributed by atoms with Crippen molar-refractivity contribution < 1.29 is 19.0 Å². The summed E-state index contributed by atoms with van der Waals surface area (Å²) >= 11 is 4.95. The third-order valence-corrected chi connectivity index (χ3v) is 6.16. The number of thiophene rings is 1. The second-order valence-corrected chi connectivity index (χ2v) is 8.49. The van der Waals surface area contributed by atoms with E-state index in [4.69, 9.17) is 14.2 Å². The zero-order chi connectivity index (χ0) is 19.4. The largest absolute Gasteiger partial charge is 0.493 e. The van der Waals surface area contributed by atoms with E-state index in [2.05, 4.69) is 20.8 Å². The number of piperazine rings is 1. The van der Waals surface area contributed by atoms with E-state index in [0.29, 0.717) is 30.3 Å². The van der Waals surface area contributed by atoms with E-state index in [1.807, 2.05) is 28.5 Å². The summed E-state index contributed by atoms with van der Waals surface area (Å²) in [6.45, 7) is 3.78. The van der Waals surface area contributed by atoms with Gasteiger partial charge in [-0.15, -0.1) is 11.3 Å². The van der Waals surface area contributed by atoms with E-state index < -0.39 is 0 Å². The quantitative estimate of drug-likeness (QED) is 0.668. The maximum atomic E-state index is 12.6. The van der Waals surface area contributed by atoms with Crippen molar-refractivity contribution in [3.8, 4) is 17.2 Å². The molecule has 146 valence electrons. The van der Waals surface area contributed by atoms with Gasteiger partial charge in [-0.2, -0.15) is 0 Å². The predicted octanol–water partition coefficient (Wildman–Crippen LogP) is 3.49. The minimum Gasteiger partial charge on any atom is -0.493 e. The van der Waals surface area contributed by atoms with Crippen LogP contribution in [0.4, 0.5) is 0 Å². The Morgan fingerprint density at radius 3 is 2.33 bits per heavy atom. The number of hydrogen-bond donors (Lipinski definition) is 0. The van der Waals surface area contributed by atoms with Crippen LogP contribution in [0.15, 0.2) is 27.4 Å². The highest BCUT2D eigenvalue weighted by atomic mass is 79.9. The first kappa shape index (κ1) is 20.0. The van der Waals surface area contributed by atoms with Crippen molar-refractivity contribution >= 4 is 33.2 Å². The summed E-state index contributed by atoms with van der Waals surface area (Å²) in [6, 6.07) is 5.78. The molecule has 1 saturated heterocycles. The number of amides is 1. The van der Waals surface area contributed by atoms with E-state index in [1.54, 1.807) is 21.3 Å². The minimum atomic E-state index is 0.0975. The van der Waals surface area contributed by atoms with Crippen LogP contribution in [0.1, 0.15) is 15.9 Å². The molecule has 0 saturated carbocycles. The predicted molar refractivity (Wildman–Crippen MR) is 109 cm³/mol. The van der Waals surface area contributed by atoms with Crippen LogP contribution >= 0.6 is 27.3 Å². The second-order valence-electron chi connectivity index (χ2n) is 6.20. The zero-order valence-electron chi connectivity index (χ0n) is 15.7. The molecule has 0 unspecified atom stereocenters. The first-order valence-electron chi connectivity index (χ1n) is 8.61. The van der Waals surface area contributed by atoms with Crippen molar-refractivity contribution in [2.24, 2.45) is 0 Å². The van der Waals surface area contributed by atoms with Gasteiger partial charge in [0, 0.05) is 43.7 Å². The maximum Gasteiger partial charge on any atom is 0.254 e. The molecule has 1 aromatic heterocycles. The fourth-order valence-electron chi connectivity index (χ4n) is 3.24. The maximum absolute atomic E-state index is 12.6. The number of nitrogens with zero attached hydrogens (tertiary/aromatic N) is 2. The Bertz CT molecular complexity index is 803. The first-order chi connectivity index (χ1) is 13.1. The molecule has 2 heterocycles. The van der Waals surface area contributed by atoms with Crippen molar-refractivity contribution in [1.82, 2.24) is 9.80 Å². The average molecular weight is 455 g/mol. The molecule has 0 aliphatic carbocycles. The van der Waals surface area contributed by atoms with Crippen LogP contribution in [0.5, 0.6) is 17.2 Å². The molecule has 0 bridgehead atoms. The fourth-order valence-corrected chi connectivity index (χ4v) is 4.37. The number of ether oxygens (including phenoxy) is 3. The van der Waals surface area contributed by atoms with Gasteiger partial charge in [-0.25, -0.2) is 0 Å². The molecule has 27 heavy (non-hydrogen) atoms. The molecule has 1 aliphatic heterocycles. The molecule has 3 rings (SSSR count). The van der Waals surface area contributed by atoms with Crippen LogP contribution in [-0.4, -0.2) is 63.2 Å². The number of carbonyl (C=O) groups is 1. The monoisotopic (exact) mass is 454 g/mol. The van der Waals surface area contributed by atoms with E-state index >= 15 is 0 Å². The Morgan fingerprint density at radius 1 is 1.07 bits per heavy atom. The Morgan fingerprint density at radius 2 is 1.78 bits per heavy atom. The summed E-state index contributed by atoms with van der Waals surface area (Å²) < 4.78 is 17.4. The number of benzene rings is 1. The Kier molecular flexibility index (Phi) is 6.62. The van der Waals surface area contributed by atoms with Gasteiger partial charge in [-0.1, -0.05) is 6.07 Å². The lowest BCUT2D eigenvalue weighted by Gasteiger charge is -2.35. The molecular weight excluding hydrogens is 432 g/mol. The van der Waals surface area contributed by atoms with Crippen molar-refractivity contribution in [3.63, 3.8) is 0 Å². The Hall–Kier alpha value is -1.77. The van der Waals surface area contributed by atoms with Crippen LogP contribution in [-0.2, 0) is 6.54 Å². The molecule has 2 aromatic rings. The summed E-state index contributed by atoms with van der Waals surface area (Å²) in [7, 11) is 4.85. The lowest BCUT2D eigenvalue weighted by Crippen LogP contribution is -2.48. The van der Waals surface area contributed by atoms with Crippen molar-refractivity contribution in [3.05, 3.63) is 38.5 Å². The molecule has 1 fully saturated rings. The fraction of sp³-hybridized carbons (Fsp3) is 0.421. The molecule has 0 atom stereocenters. The van der Waals surface area contributed by atoms with Gasteiger partial charge in [-0.05, 0) is 28.1 Å². The molecular formula is C19H23BrN2O4S. The third kappa shape index (κ3) is 4.39. The summed E-state index contributed by atoms with van der Waals surface area (Å²) in [5.74, 6) is 2.04. The van der Waals surface area contributed by atoms with Crippen LogP contribution in [0.25, 0.3) is 0 Å². The number of hydrogen-bond acceptors (Lipinski definition) is 6. The van der Waals surface area contributed by atoms with Crippen LogP contribution in [0.3, 0.4) is 0 Å². The zero-order valence-corrected chi connectivity index (χ0v) is 18.1. The highest BCUT2D eigenvalue weighted by molar-refractivity contribution is 9.11. The summed E-state index contributed by atoms with van der Waals surface area (Å²) in [5, 5.41) is 1.90. The van der Waals surface area contributed by atoms with Crippen LogP contribution in [0.2, 0.25) is 0 Å². The van der Waals surface area contributed by atoms with Crippen molar-refractivity contribution in [2.75, 3.05) is 47.5 Å². The van der Waals surface area contributed by atoms with E-state index in [9.17, 15) is 4.79 Å². The van der Waals surface area contributed by atoms with Crippen molar-refractivity contribution in [1.29, 1.82) is 0 Å². The lowest BCUT2D eigenvalue weighted by atomic mass is 10.1. The third-order valence-electron chi connectivity index (χ3n) is 4.65. The number of halogens is 1. The first-order valence-corrected chi connectivity index (χ1v) is 10.3. The molecule has 0 spiro atoms. The van der Waals surface area contributed by atoms with Gasteiger partial charge >= 0.3 is 0 Å². The SMILES string of the molecule is COc1ccc(CN2CCN(C(=O)c3csc(Br)c3)CC2)c(OC)c1OC. The number of rotatable bonds is 6. The molecule has 0 radical (unpaired) electrons. The normalized spacial score (nSPS) is 14.9. The van der Waals surface area contributed by atoms with E-state index in [1.165, 1.54) is 11.3 Å². The van der Waals surface area contributed by atoms with Gasteiger partial charge in [0.05, 0.1) is 30.7 Å². The summed E-state index contributed by atoms with van der Waals surface area (Å²) in [6.07, 6.45) is 0. The molecule has 1 amide bonds. The lowest BCUT2D eigenvalue weighted by molar-refractivity contribution is 0.0628. The van der Waals surface area contributed by atoms with Crippen LogP contribution in [0, 0.1) is 0 Å². The molecule has 6 nitrogen and oxygen atoms in total. The summed E-state index contributed by atoms with van der Waals surface area (Å²) in [5.41, 5.74) is 1.79. The van der Waals surface area contributed by atoms with Crippen LogP contribution < -0.4 is 14.2 Å². The standard InChI is InChI=1S/C19H23BrN2O4S/c1-24-15-5-4-13(17(25-2)18(15)26-3)11-21-6-8-22(9-7-21)19(23)14-10-16(20)27-12-14/h4-5,10,12H,6-9,11H2,1-3H3. The highest BCUT2D eigenvalue weighted by Gasteiger charge is 2.24. The highest BCUT2D eigenvalue weighted by Crippen LogP contribution is 2.40. The summed E-state index contributed by atoms with van der Waals surface area (Å²) in [4.78, 5) is 16.8. The second kappa shape index (κ2) is 8.95. The Balaban J connectivity index is 1.65. The molecule has 8 heteroatoms. The van der Waals surface area contributed by atoms with Gasteiger partial charge < -0.3 is 19.1 Å². The number of carbonyl (C=O) groups excluding carboxylic acids is 1. The van der Waals surface area contributed by atoms with E-state index in [-0.39, 0.29) is 5.91 Å². The molecule has 1 aromatic carbocycles. The smallest absolute Gasteiger partial charge is 0.254 e. The van der Waals surface area contributed by atoms with Gasteiger partial charge in [0.25, 0.3) is 5.91 Å². The van der Waals surface area contributed by atoms with Crippen molar-refractivity contribution in [2.45, 2.75) is 6.54 Å². The Labute approximate surface area is 171 Å².